The lowest BCUT2D eigenvalue weighted by atomic mass is 9.87. The molecule has 0 saturated heterocycles. The fourth-order valence-corrected chi connectivity index (χ4v) is 3.53. The van der Waals surface area contributed by atoms with Crippen molar-refractivity contribution in [3.05, 3.63) is 52.0 Å². The summed E-state index contributed by atoms with van der Waals surface area (Å²) in [4.78, 5) is 2.14. The highest BCUT2D eigenvalue weighted by atomic mass is 35.5. The average Bonchev–Trinajstić information content (AvgIpc) is 2.74. The molecular weight excluding hydrogens is 326 g/mol. The smallest absolute Gasteiger partial charge is 0.176 e. The Morgan fingerprint density at radius 3 is 2.58 bits per heavy atom. The summed E-state index contributed by atoms with van der Waals surface area (Å²) in [5.41, 5.74) is 2.68. The second-order valence-corrected chi connectivity index (χ2v) is 6.34. The van der Waals surface area contributed by atoms with E-state index in [4.69, 9.17) is 18.0 Å². The third-order valence-corrected chi connectivity index (χ3v) is 4.87. The van der Waals surface area contributed by atoms with Crippen molar-refractivity contribution in [3.63, 3.8) is 0 Å². The van der Waals surface area contributed by atoms with Gasteiger partial charge in [0.25, 0.3) is 0 Å². The number of hydrogen-bond acceptors (Lipinski definition) is 4. The van der Waals surface area contributed by atoms with E-state index in [9.17, 15) is 15.3 Å². The van der Waals surface area contributed by atoms with Crippen LogP contribution in [-0.2, 0) is 6.42 Å². The van der Waals surface area contributed by atoms with Crippen LogP contribution < -0.4 is 0 Å². The molecular formula is C19H18ClNO3. The van der Waals surface area contributed by atoms with E-state index in [0.717, 1.165) is 23.2 Å². The standard InChI is InChI=1S/C19H18ClNO3/c1-2-8-21-9-7-14-15(10-17(23)19(24)18(14)20)16(11-21)12-3-5-13(22)6-4-12/h1,3-6,10,16,22-24H,7-9,11H2. The Morgan fingerprint density at radius 1 is 1.21 bits per heavy atom. The maximum atomic E-state index is 10.0. The van der Waals surface area contributed by atoms with E-state index < -0.39 is 0 Å². The minimum Gasteiger partial charge on any atom is -0.508 e. The Morgan fingerprint density at radius 2 is 1.92 bits per heavy atom. The zero-order valence-electron chi connectivity index (χ0n) is 13.0. The molecule has 2 aromatic rings. The van der Waals surface area contributed by atoms with Crippen molar-refractivity contribution >= 4 is 11.6 Å². The zero-order valence-corrected chi connectivity index (χ0v) is 13.8. The van der Waals surface area contributed by atoms with Crippen LogP contribution in [0.5, 0.6) is 17.2 Å². The van der Waals surface area contributed by atoms with Crippen LogP contribution >= 0.6 is 11.6 Å². The molecule has 0 bridgehead atoms. The molecule has 0 aliphatic carbocycles. The number of halogens is 1. The molecule has 1 heterocycles. The third kappa shape index (κ3) is 3.01. The largest absolute Gasteiger partial charge is 0.508 e. The van der Waals surface area contributed by atoms with Gasteiger partial charge >= 0.3 is 0 Å². The molecule has 0 spiro atoms. The first-order valence-electron chi connectivity index (χ1n) is 7.69. The predicted molar refractivity (Wildman–Crippen MR) is 93.7 cm³/mol. The van der Waals surface area contributed by atoms with Crippen LogP contribution in [0.2, 0.25) is 5.02 Å². The number of fused-ring (bicyclic) bond motifs is 1. The molecule has 124 valence electrons. The SMILES string of the molecule is C#CCN1CCc2c(cc(O)c(O)c2Cl)C(c2ccc(O)cc2)C1. The second kappa shape index (κ2) is 6.64. The molecule has 24 heavy (non-hydrogen) atoms. The highest BCUT2D eigenvalue weighted by molar-refractivity contribution is 6.33. The number of benzene rings is 2. The molecule has 5 heteroatoms. The molecule has 0 saturated carbocycles. The van der Waals surface area contributed by atoms with Crippen LogP contribution in [0.15, 0.2) is 30.3 Å². The Balaban J connectivity index is 2.14. The molecule has 2 aromatic carbocycles. The van der Waals surface area contributed by atoms with E-state index in [1.54, 1.807) is 18.2 Å². The van der Waals surface area contributed by atoms with Gasteiger partial charge < -0.3 is 15.3 Å². The summed E-state index contributed by atoms with van der Waals surface area (Å²) in [5, 5.41) is 29.7. The van der Waals surface area contributed by atoms with Gasteiger partial charge in [0.05, 0.1) is 11.6 Å². The third-order valence-electron chi connectivity index (χ3n) is 4.46. The van der Waals surface area contributed by atoms with Gasteiger partial charge in [-0.15, -0.1) is 6.42 Å². The van der Waals surface area contributed by atoms with E-state index in [2.05, 4.69) is 10.8 Å². The van der Waals surface area contributed by atoms with E-state index in [1.165, 1.54) is 0 Å². The zero-order chi connectivity index (χ0) is 17.3. The van der Waals surface area contributed by atoms with Crippen LogP contribution in [0.3, 0.4) is 0 Å². The number of aromatic hydroxyl groups is 3. The Labute approximate surface area is 145 Å². The van der Waals surface area contributed by atoms with Crippen molar-refractivity contribution in [2.45, 2.75) is 12.3 Å². The van der Waals surface area contributed by atoms with E-state index in [0.29, 0.717) is 19.5 Å². The van der Waals surface area contributed by atoms with Gasteiger partial charge in [-0.25, -0.2) is 0 Å². The van der Waals surface area contributed by atoms with Gasteiger partial charge in [-0.1, -0.05) is 29.7 Å². The van der Waals surface area contributed by atoms with Gasteiger partial charge in [0, 0.05) is 19.0 Å². The average molecular weight is 344 g/mol. The van der Waals surface area contributed by atoms with Crippen LogP contribution in [0.25, 0.3) is 0 Å². The minimum absolute atomic E-state index is 0.0690. The first kappa shape index (κ1) is 16.5. The molecule has 0 radical (unpaired) electrons. The minimum atomic E-state index is -0.287. The summed E-state index contributed by atoms with van der Waals surface area (Å²) in [6, 6.07) is 8.54. The van der Waals surface area contributed by atoms with Gasteiger partial charge in [0.15, 0.2) is 11.5 Å². The normalized spacial score (nSPS) is 17.8. The summed E-state index contributed by atoms with van der Waals surface area (Å²) in [6.07, 6.45) is 6.10. The molecule has 0 fully saturated rings. The Hall–Kier alpha value is -2.35. The molecule has 1 unspecified atom stereocenters. The van der Waals surface area contributed by atoms with Crippen molar-refractivity contribution in [2.24, 2.45) is 0 Å². The van der Waals surface area contributed by atoms with Crippen LogP contribution in [0.1, 0.15) is 22.6 Å². The number of nitrogens with zero attached hydrogens (tertiary/aromatic N) is 1. The molecule has 1 aliphatic heterocycles. The van der Waals surface area contributed by atoms with Crippen molar-refractivity contribution in [3.8, 4) is 29.6 Å². The first-order valence-corrected chi connectivity index (χ1v) is 8.07. The maximum absolute atomic E-state index is 10.0. The molecule has 1 aliphatic rings. The van der Waals surface area contributed by atoms with Crippen molar-refractivity contribution in [1.29, 1.82) is 0 Å². The quantitative estimate of drug-likeness (QED) is 0.579. The number of terminal acetylenes is 1. The fourth-order valence-electron chi connectivity index (χ4n) is 3.23. The molecule has 0 aromatic heterocycles. The number of phenolic OH excluding ortho intramolecular Hbond substituents is 3. The van der Waals surface area contributed by atoms with Gasteiger partial charge in [0.1, 0.15) is 5.75 Å². The fraction of sp³-hybridized carbons (Fsp3) is 0.263. The Bertz CT molecular complexity index is 796. The monoisotopic (exact) mass is 343 g/mol. The summed E-state index contributed by atoms with van der Waals surface area (Å²) in [5.74, 6) is 2.27. The molecule has 4 nitrogen and oxygen atoms in total. The summed E-state index contributed by atoms with van der Waals surface area (Å²) in [7, 11) is 0. The van der Waals surface area contributed by atoms with E-state index in [1.807, 2.05) is 12.1 Å². The van der Waals surface area contributed by atoms with Crippen molar-refractivity contribution in [1.82, 2.24) is 4.90 Å². The highest BCUT2D eigenvalue weighted by Crippen LogP contribution is 2.43. The van der Waals surface area contributed by atoms with Gasteiger partial charge in [0.2, 0.25) is 0 Å². The van der Waals surface area contributed by atoms with Crippen LogP contribution in [0.4, 0.5) is 0 Å². The number of rotatable bonds is 2. The van der Waals surface area contributed by atoms with Gasteiger partial charge in [-0.05, 0) is 41.3 Å². The summed E-state index contributed by atoms with van der Waals surface area (Å²) >= 11 is 6.28. The molecule has 0 amide bonds. The van der Waals surface area contributed by atoms with Gasteiger partial charge in [-0.3, -0.25) is 4.90 Å². The topological polar surface area (TPSA) is 63.9 Å². The van der Waals surface area contributed by atoms with Crippen LogP contribution in [0, 0.1) is 12.3 Å². The highest BCUT2D eigenvalue weighted by Gasteiger charge is 2.28. The molecule has 3 N–H and O–H groups in total. The Kier molecular flexibility index (Phi) is 4.57. The lowest BCUT2D eigenvalue weighted by molar-refractivity contribution is 0.310. The maximum Gasteiger partial charge on any atom is 0.176 e. The lowest BCUT2D eigenvalue weighted by Gasteiger charge is -2.24. The van der Waals surface area contributed by atoms with E-state index in [-0.39, 0.29) is 28.2 Å². The second-order valence-electron chi connectivity index (χ2n) is 5.96. The van der Waals surface area contributed by atoms with Crippen molar-refractivity contribution < 1.29 is 15.3 Å². The lowest BCUT2D eigenvalue weighted by Crippen LogP contribution is -2.29. The van der Waals surface area contributed by atoms with Crippen LogP contribution in [-0.4, -0.2) is 39.9 Å². The van der Waals surface area contributed by atoms with Gasteiger partial charge in [-0.2, -0.15) is 0 Å². The molecule has 1 atom stereocenters. The first-order chi connectivity index (χ1) is 11.5. The number of hydrogen-bond donors (Lipinski definition) is 3. The van der Waals surface area contributed by atoms with E-state index >= 15 is 0 Å². The summed E-state index contributed by atoms with van der Waals surface area (Å²) in [6.45, 7) is 1.90. The molecule has 3 rings (SSSR count). The predicted octanol–water partition coefficient (Wildman–Crippen LogP) is 3.08. The summed E-state index contributed by atoms with van der Waals surface area (Å²) < 4.78 is 0. The number of phenols is 3. The van der Waals surface area contributed by atoms with Crippen molar-refractivity contribution in [2.75, 3.05) is 19.6 Å².